The molecular weight excluding hydrogens is 322 g/mol. The Morgan fingerprint density at radius 3 is 2.54 bits per heavy atom. The van der Waals surface area contributed by atoms with Gasteiger partial charge in [-0.05, 0) is 56.2 Å². The maximum atomic E-state index is 13.2. The van der Waals surface area contributed by atoms with Crippen molar-refractivity contribution in [2.24, 2.45) is 0 Å². The highest BCUT2D eigenvalue weighted by atomic mass is 16.2. The number of likely N-dealkylation sites (tertiary alicyclic amines) is 2. The van der Waals surface area contributed by atoms with Crippen LogP contribution in [0.1, 0.15) is 29.6 Å². The van der Waals surface area contributed by atoms with Crippen molar-refractivity contribution in [1.82, 2.24) is 14.7 Å². The Labute approximate surface area is 156 Å². The van der Waals surface area contributed by atoms with Gasteiger partial charge in [0.25, 0.3) is 5.91 Å². The smallest absolute Gasteiger partial charge is 0.254 e. The molecule has 2 aliphatic heterocycles. The molecular formula is C22H29N3O. The molecule has 1 atom stereocenters. The minimum absolute atomic E-state index is 0.150. The first-order valence-electron chi connectivity index (χ1n) is 9.81. The van der Waals surface area contributed by atoms with Crippen molar-refractivity contribution in [1.29, 1.82) is 0 Å². The first-order valence-corrected chi connectivity index (χ1v) is 9.81. The van der Waals surface area contributed by atoms with E-state index in [4.69, 9.17) is 0 Å². The molecule has 2 aromatic carbocycles. The van der Waals surface area contributed by atoms with E-state index >= 15 is 0 Å². The Morgan fingerprint density at radius 1 is 1.00 bits per heavy atom. The van der Waals surface area contributed by atoms with E-state index in [-0.39, 0.29) is 5.91 Å². The maximum absolute atomic E-state index is 13.2. The van der Waals surface area contributed by atoms with Crippen LogP contribution in [0, 0.1) is 0 Å². The van der Waals surface area contributed by atoms with Crippen LogP contribution in [-0.4, -0.2) is 73.0 Å². The van der Waals surface area contributed by atoms with Gasteiger partial charge >= 0.3 is 0 Å². The molecule has 4 nitrogen and oxygen atoms in total. The van der Waals surface area contributed by atoms with Crippen molar-refractivity contribution in [2.45, 2.75) is 31.3 Å². The van der Waals surface area contributed by atoms with Gasteiger partial charge in [0.2, 0.25) is 0 Å². The Balaban J connectivity index is 1.46. The Kier molecular flexibility index (Phi) is 4.96. The molecule has 0 aliphatic carbocycles. The van der Waals surface area contributed by atoms with Gasteiger partial charge in [0.15, 0.2) is 0 Å². The number of amides is 1. The van der Waals surface area contributed by atoms with Crippen molar-refractivity contribution < 1.29 is 4.79 Å². The second-order valence-electron chi connectivity index (χ2n) is 7.91. The lowest BCUT2D eigenvalue weighted by Crippen LogP contribution is -2.45. The van der Waals surface area contributed by atoms with E-state index in [9.17, 15) is 4.79 Å². The number of hydrogen-bond donors (Lipinski definition) is 0. The van der Waals surface area contributed by atoms with Gasteiger partial charge in [-0.3, -0.25) is 9.69 Å². The largest absolute Gasteiger partial charge is 0.337 e. The fraction of sp³-hybridized carbons (Fsp3) is 0.500. The van der Waals surface area contributed by atoms with Gasteiger partial charge < -0.3 is 9.80 Å². The molecule has 4 rings (SSSR count). The Hall–Kier alpha value is -1.91. The van der Waals surface area contributed by atoms with Gasteiger partial charge in [-0.2, -0.15) is 0 Å². The van der Waals surface area contributed by atoms with E-state index in [2.05, 4.69) is 35.0 Å². The summed E-state index contributed by atoms with van der Waals surface area (Å²) in [5.41, 5.74) is 0.823. The summed E-state index contributed by atoms with van der Waals surface area (Å²) in [6, 6.07) is 15.2. The van der Waals surface area contributed by atoms with Crippen LogP contribution in [0.5, 0.6) is 0 Å². The molecule has 2 aromatic rings. The molecule has 0 N–H and O–H groups in total. The standard InChI is InChI=1S/C22H29N3O/c1-23-13-10-18(11-14-23)25-15-12-19(16-25)24(2)22(26)21-9-5-7-17-6-3-4-8-20(17)21/h3-9,18-19H,10-16H2,1-2H3. The molecule has 0 bridgehead atoms. The van der Waals surface area contributed by atoms with Crippen molar-refractivity contribution in [3.05, 3.63) is 48.0 Å². The maximum Gasteiger partial charge on any atom is 0.254 e. The number of rotatable bonds is 3. The summed E-state index contributed by atoms with van der Waals surface area (Å²) in [5, 5.41) is 2.18. The second kappa shape index (κ2) is 7.37. The zero-order valence-electron chi connectivity index (χ0n) is 15.9. The zero-order chi connectivity index (χ0) is 18.1. The predicted molar refractivity (Wildman–Crippen MR) is 107 cm³/mol. The molecule has 2 heterocycles. The lowest BCUT2D eigenvalue weighted by molar-refractivity contribution is 0.0723. The summed E-state index contributed by atoms with van der Waals surface area (Å²) in [7, 11) is 4.19. The molecule has 26 heavy (non-hydrogen) atoms. The Morgan fingerprint density at radius 2 is 1.73 bits per heavy atom. The molecule has 0 aromatic heterocycles. The third kappa shape index (κ3) is 3.36. The van der Waals surface area contributed by atoms with Crippen molar-refractivity contribution in [3.63, 3.8) is 0 Å². The predicted octanol–water partition coefficient (Wildman–Crippen LogP) is 3.08. The first-order chi connectivity index (χ1) is 12.6. The summed E-state index contributed by atoms with van der Waals surface area (Å²) in [5.74, 6) is 0.150. The van der Waals surface area contributed by atoms with Crippen LogP contribution >= 0.6 is 0 Å². The van der Waals surface area contributed by atoms with Crippen LogP contribution in [0.3, 0.4) is 0 Å². The number of carbonyl (C=O) groups is 1. The van der Waals surface area contributed by atoms with Gasteiger partial charge in [0, 0.05) is 37.8 Å². The van der Waals surface area contributed by atoms with Crippen LogP contribution in [0.15, 0.2) is 42.5 Å². The van der Waals surface area contributed by atoms with Crippen LogP contribution in [0.2, 0.25) is 0 Å². The van der Waals surface area contributed by atoms with Crippen LogP contribution < -0.4 is 0 Å². The summed E-state index contributed by atoms with van der Waals surface area (Å²) in [4.78, 5) is 20.2. The molecule has 0 saturated carbocycles. The third-order valence-corrected chi connectivity index (χ3v) is 6.29. The fourth-order valence-corrected chi connectivity index (χ4v) is 4.54. The van der Waals surface area contributed by atoms with Crippen LogP contribution in [0.25, 0.3) is 10.8 Å². The van der Waals surface area contributed by atoms with Crippen molar-refractivity contribution in [3.8, 4) is 0 Å². The summed E-state index contributed by atoms with van der Waals surface area (Å²) < 4.78 is 0. The van der Waals surface area contributed by atoms with E-state index in [1.807, 2.05) is 36.2 Å². The molecule has 2 fully saturated rings. The first kappa shape index (κ1) is 17.5. The van der Waals surface area contributed by atoms with Crippen LogP contribution in [-0.2, 0) is 0 Å². The van der Waals surface area contributed by atoms with E-state index in [0.29, 0.717) is 12.1 Å². The Bertz CT molecular complexity index is 777. The zero-order valence-corrected chi connectivity index (χ0v) is 15.9. The van der Waals surface area contributed by atoms with E-state index in [1.165, 1.54) is 25.9 Å². The summed E-state index contributed by atoms with van der Waals surface area (Å²) in [6.07, 6.45) is 3.59. The van der Waals surface area contributed by atoms with Gasteiger partial charge in [-0.15, -0.1) is 0 Å². The number of benzene rings is 2. The van der Waals surface area contributed by atoms with Crippen LogP contribution in [0.4, 0.5) is 0 Å². The number of likely N-dealkylation sites (N-methyl/N-ethyl adjacent to an activating group) is 1. The van der Waals surface area contributed by atoms with Gasteiger partial charge in [-0.1, -0.05) is 36.4 Å². The highest BCUT2D eigenvalue weighted by Gasteiger charge is 2.33. The lowest BCUT2D eigenvalue weighted by Gasteiger charge is -2.35. The minimum atomic E-state index is 0.150. The average molecular weight is 351 g/mol. The molecule has 138 valence electrons. The highest BCUT2D eigenvalue weighted by molar-refractivity contribution is 6.07. The number of hydrogen-bond acceptors (Lipinski definition) is 3. The SMILES string of the molecule is CN1CCC(N2CCC(N(C)C(=O)c3cccc4ccccc34)C2)CC1. The lowest BCUT2D eigenvalue weighted by atomic mass is 10.0. The molecule has 1 amide bonds. The average Bonchev–Trinajstić information content (AvgIpc) is 3.17. The molecule has 0 spiro atoms. The monoisotopic (exact) mass is 351 g/mol. The number of piperidine rings is 1. The van der Waals surface area contributed by atoms with E-state index in [1.54, 1.807) is 0 Å². The quantitative estimate of drug-likeness (QED) is 0.850. The van der Waals surface area contributed by atoms with E-state index < -0.39 is 0 Å². The molecule has 2 aliphatic rings. The number of nitrogens with zero attached hydrogens (tertiary/aromatic N) is 3. The molecule has 0 radical (unpaired) electrons. The van der Waals surface area contributed by atoms with Crippen molar-refractivity contribution >= 4 is 16.7 Å². The molecule has 1 unspecified atom stereocenters. The third-order valence-electron chi connectivity index (χ3n) is 6.29. The summed E-state index contributed by atoms with van der Waals surface area (Å²) in [6.45, 7) is 4.51. The normalized spacial score (nSPS) is 22.8. The van der Waals surface area contributed by atoms with Gasteiger partial charge in [-0.25, -0.2) is 0 Å². The molecule has 4 heteroatoms. The molecule has 2 saturated heterocycles. The van der Waals surface area contributed by atoms with Crippen molar-refractivity contribution in [2.75, 3.05) is 40.3 Å². The highest BCUT2D eigenvalue weighted by Crippen LogP contribution is 2.25. The topological polar surface area (TPSA) is 26.8 Å². The van der Waals surface area contributed by atoms with Gasteiger partial charge in [0.05, 0.1) is 0 Å². The minimum Gasteiger partial charge on any atom is -0.337 e. The van der Waals surface area contributed by atoms with E-state index in [0.717, 1.165) is 35.8 Å². The number of fused-ring (bicyclic) bond motifs is 1. The summed E-state index contributed by atoms with van der Waals surface area (Å²) >= 11 is 0. The fourth-order valence-electron chi connectivity index (χ4n) is 4.54. The van der Waals surface area contributed by atoms with Gasteiger partial charge in [0.1, 0.15) is 0 Å². The number of carbonyl (C=O) groups excluding carboxylic acids is 1. The second-order valence-corrected chi connectivity index (χ2v) is 7.91.